The molecular weight excluding hydrogens is 374 g/mol. The quantitative estimate of drug-likeness (QED) is 0.452. The van der Waals surface area contributed by atoms with E-state index >= 15 is 0 Å². The molecule has 0 aromatic heterocycles. The van der Waals surface area contributed by atoms with Gasteiger partial charge in [0, 0.05) is 19.5 Å². The molecule has 0 radical (unpaired) electrons. The average Bonchev–Trinajstić information content (AvgIpc) is 3.11. The van der Waals surface area contributed by atoms with E-state index in [0.717, 1.165) is 16.7 Å². The van der Waals surface area contributed by atoms with Gasteiger partial charge in [0.1, 0.15) is 5.75 Å². The highest BCUT2D eigenvalue weighted by Crippen LogP contribution is 2.25. The predicted octanol–water partition coefficient (Wildman–Crippen LogP) is 4.92. The van der Waals surface area contributed by atoms with Crippen molar-refractivity contribution in [1.82, 2.24) is 4.90 Å². The summed E-state index contributed by atoms with van der Waals surface area (Å²) in [6, 6.07) is 23.9. The van der Waals surface area contributed by atoms with Gasteiger partial charge in [-0.15, -0.1) is 0 Å². The number of hydrogen-bond acceptors (Lipinski definition) is 3. The molecule has 0 saturated carbocycles. The maximum atomic E-state index is 12.6. The van der Waals surface area contributed by atoms with E-state index in [0.29, 0.717) is 18.8 Å². The number of likely N-dealkylation sites (tertiary alicyclic amines) is 1. The Labute approximate surface area is 177 Å². The number of benzene rings is 3. The minimum atomic E-state index is -0.431. The van der Waals surface area contributed by atoms with E-state index in [1.165, 1.54) is 11.1 Å². The van der Waals surface area contributed by atoms with Gasteiger partial charge in [0.2, 0.25) is 5.91 Å². The standard InChI is InChI=1S/C26H25NO3/c1-18-3-7-20(8-4-18)16-27-17-23(15-25(27)28)26(29)30-24-13-11-22(12-14-24)21-9-5-19(2)6-10-21/h3-14,23H,15-17H2,1-2H3/t23-/m0/s1. The van der Waals surface area contributed by atoms with Crippen LogP contribution in [0.3, 0.4) is 0 Å². The molecule has 3 aromatic rings. The normalized spacial score (nSPS) is 16.0. The third-order valence-corrected chi connectivity index (χ3v) is 5.50. The Morgan fingerprint density at radius 2 is 1.40 bits per heavy atom. The molecule has 0 unspecified atom stereocenters. The summed E-state index contributed by atoms with van der Waals surface area (Å²) in [4.78, 5) is 26.7. The number of ether oxygens (including phenoxy) is 1. The topological polar surface area (TPSA) is 46.6 Å². The van der Waals surface area contributed by atoms with Gasteiger partial charge in [0.05, 0.1) is 5.92 Å². The lowest BCUT2D eigenvalue weighted by Gasteiger charge is -2.16. The fourth-order valence-electron chi connectivity index (χ4n) is 3.66. The first-order valence-corrected chi connectivity index (χ1v) is 10.2. The first-order valence-electron chi connectivity index (χ1n) is 10.2. The number of hydrogen-bond donors (Lipinski definition) is 0. The molecule has 4 rings (SSSR count). The van der Waals surface area contributed by atoms with Crippen molar-refractivity contribution in [2.45, 2.75) is 26.8 Å². The second-order valence-electron chi connectivity index (χ2n) is 7.97. The van der Waals surface area contributed by atoms with Crippen molar-refractivity contribution in [2.75, 3.05) is 6.54 Å². The summed E-state index contributed by atoms with van der Waals surface area (Å²) in [5.41, 5.74) is 5.64. The minimum Gasteiger partial charge on any atom is -0.426 e. The Morgan fingerprint density at radius 3 is 2.00 bits per heavy atom. The number of amides is 1. The molecule has 1 aliphatic rings. The van der Waals surface area contributed by atoms with Crippen LogP contribution in [-0.4, -0.2) is 23.3 Å². The van der Waals surface area contributed by atoms with Gasteiger partial charge in [-0.3, -0.25) is 9.59 Å². The highest BCUT2D eigenvalue weighted by atomic mass is 16.5. The Hall–Kier alpha value is -3.40. The molecule has 152 valence electrons. The summed E-state index contributed by atoms with van der Waals surface area (Å²) in [5, 5.41) is 0. The number of esters is 1. The molecule has 4 heteroatoms. The Morgan fingerprint density at radius 1 is 0.867 bits per heavy atom. The van der Waals surface area contributed by atoms with Crippen LogP contribution in [-0.2, 0) is 16.1 Å². The Kier molecular flexibility index (Phi) is 5.66. The molecule has 3 aromatic carbocycles. The number of aryl methyl sites for hydroxylation is 2. The van der Waals surface area contributed by atoms with Crippen LogP contribution in [0.4, 0.5) is 0 Å². The Balaban J connectivity index is 1.36. The third-order valence-electron chi connectivity index (χ3n) is 5.50. The van der Waals surface area contributed by atoms with Crippen LogP contribution in [0.1, 0.15) is 23.1 Å². The monoisotopic (exact) mass is 399 g/mol. The summed E-state index contributed by atoms with van der Waals surface area (Å²) in [7, 11) is 0. The van der Waals surface area contributed by atoms with Gasteiger partial charge < -0.3 is 9.64 Å². The van der Waals surface area contributed by atoms with E-state index in [2.05, 4.69) is 31.2 Å². The van der Waals surface area contributed by atoms with Crippen molar-refractivity contribution in [3.8, 4) is 16.9 Å². The van der Waals surface area contributed by atoms with Crippen molar-refractivity contribution in [1.29, 1.82) is 0 Å². The molecule has 0 bridgehead atoms. The van der Waals surface area contributed by atoms with E-state index in [1.54, 1.807) is 17.0 Å². The molecule has 1 heterocycles. The SMILES string of the molecule is Cc1ccc(CN2C[C@@H](C(=O)Oc3ccc(-c4ccc(C)cc4)cc3)CC2=O)cc1. The summed E-state index contributed by atoms with van der Waals surface area (Å²) in [6.45, 7) is 5.01. The smallest absolute Gasteiger partial charge is 0.316 e. The lowest BCUT2D eigenvalue weighted by molar-refractivity contribution is -0.139. The first-order chi connectivity index (χ1) is 14.5. The summed E-state index contributed by atoms with van der Waals surface area (Å²) >= 11 is 0. The van der Waals surface area contributed by atoms with Crippen LogP contribution in [0, 0.1) is 19.8 Å². The fourth-order valence-corrected chi connectivity index (χ4v) is 3.66. The van der Waals surface area contributed by atoms with Crippen molar-refractivity contribution < 1.29 is 14.3 Å². The molecule has 1 fully saturated rings. The van der Waals surface area contributed by atoms with Crippen LogP contribution < -0.4 is 4.74 Å². The van der Waals surface area contributed by atoms with Gasteiger partial charge in [-0.1, -0.05) is 71.8 Å². The predicted molar refractivity (Wildman–Crippen MR) is 117 cm³/mol. The zero-order valence-corrected chi connectivity index (χ0v) is 17.3. The van der Waals surface area contributed by atoms with E-state index in [1.807, 2.05) is 43.3 Å². The molecule has 1 amide bonds. The van der Waals surface area contributed by atoms with Crippen molar-refractivity contribution >= 4 is 11.9 Å². The number of carbonyl (C=O) groups excluding carboxylic acids is 2. The van der Waals surface area contributed by atoms with Gasteiger partial charge in [-0.05, 0) is 42.7 Å². The van der Waals surface area contributed by atoms with E-state index in [4.69, 9.17) is 4.74 Å². The summed E-state index contributed by atoms with van der Waals surface area (Å²) in [6.07, 6.45) is 0.201. The second kappa shape index (κ2) is 8.54. The minimum absolute atomic E-state index is 0.00718. The van der Waals surface area contributed by atoms with Crippen LogP contribution >= 0.6 is 0 Å². The van der Waals surface area contributed by atoms with Crippen LogP contribution in [0.2, 0.25) is 0 Å². The van der Waals surface area contributed by atoms with Gasteiger partial charge in [-0.2, -0.15) is 0 Å². The van der Waals surface area contributed by atoms with E-state index in [9.17, 15) is 9.59 Å². The molecule has 1 aliphatic heterocycles. The van der Waals surface area contributed by atoms with Crippen LogP contribution in [0.5, 0.6) is 5.75 Å². The van der Waals surface area contributed by atoms with Crippen molar-refractivity contribution in [3.05, 3.63) is 89.5 Å². The molecule has 0 N–H and O–H groups in total. The zero-order chi connectivity index (χ0) is 21.1. The van der Waals surface area contributed by atoms with E-state index < -0.39 is 5.92 Å². The van der Waals surface area contributed by atoms with E-state index in [-0.39, 0.29) is 18.3 Å². The molecule has 1 atom stereocenters. The lowest BCUT2D eigenvalue weighted by atomic mass is 10.0. The first kappa shape index (κ1) is 19.9. The van der Waals surface area contributed by atoms with Gasteiger partial charge in [-0.25, -0.2) is 0 Å². The molecule has 1 saturated heterocycles. The second-order valence-corrected chi connectivity index (χ2v) is 7.97. The largest absolute Gasteiger partial charge is 0.426 e. The zero-order valence-electron chi connectivity index (χ0n) is 17.3. The summed E-state index contributed by atoms with van der Waals surface area (Å²) in [5.74, 6) is -0.287. The highest BCUT2D eigenvalue weighted by molar-refractivity contribution is 5.87. The third kappa shape index (κ3) is 4.60. The molecule has 4 nitrogen and oxygen atoms in total. The van der Waals surface area contributed by atoms with Gasteiger partial charge in [0.15, 0.2) is 0 Å². The molecule has 0 aliphatic carbocycles. The number of carbonyl (C=O) groups is 2. The van der Waals surface area contributed by atoms with Crippen molar-refractivity contribution in [2.24, 2.45) is 5.92 Å². The average molecular weight is 399 g/mol. The fraction of sp³-hybridized carbons (Fsp3) is 0.231. The van der Waals surface area contributed by atoms with Gasteiger partial charge in [0.25, 0.3) is 0 Å². The maximum absolute atomic E-state index is 12.6. The van der Waals surface area contributed by atoms with Gasteiger partial charge >= 0.3 is 5.97 Å². The Bertz CT molecular complexity index is 1040. The molecule has 30 heavy (non-hydrogen) atoms. The summed E-state index contributed by atoms with van der Waals surface area (Å²) < 4.78 is 5.55. The van der Waals surface area contributed by atoms with Crippen LogP contribution in [0.15, 0.2) is 72.8 Å². The number of nitrogens with zero attached hydrogens (tertiary/aromatic N) is 1. The lowest BCUT2D eigenvalue weighted by Crippen LogP contribution is -2.27. The number of rotatable bonds is 5. The molecular formula is C26H25NO3. The van der Waals surface area contributed by atoms with Crippen LogP contribution in [0.25, 0.3) is 11.1 Å². The maximum Gasteiger partial charge on any atom is 0.316 e. The highest BCUT2D eigenvalue weighted by Gasteiger charge is 2.35. The van der Waals surface area contributed by atoms with Crippen molar-refractivity contribution in [3.63, 3.8) is 0 Å². The molecule has 0 spiro atoms.